The highest BCUT2D eigenvalue weighted by molar-refractivity contribution is 5.97. The Morgan fingerprint density at radius 3 is 2.80 bits per heavy atom. The Kier molecular flexibility index (Phi) is 2.18. The van der Waals surface area contributed by atoms with Gasteiger partial charge in [0.25, 0.3) is 0 Å². The van der Waals surface area contributed by atoms with Crippen LogP contribution in [-0.2, 0) is 4.79 Å². The van der Waals surface area contributed by atoms with Gasteiger partial charge in [0.15, 0.2) is 0 Å². The van der Waals surface area contributed by atoms with Gasteiger partial charge in [-0.2, -0.15) is 0 Å². The van der Waals surface area contributed by atoms with Gasteiger partial charge in [-0.1, -0.05) is 12.1 Å². The number of carbonyl (C=O) groups is 1. The number of hydrogen-bond acceptors (Lipinski definition) is 2. The van der Waals surface area contributed by atoms with Crippen molar-refractivity contribution in [3.63, 3.8) is 0 Å². The number of hydrogen-bond donors (Lipinski definition) is 2. The maximum Gasteiger partial charge on any atom is 0.226 e. The summed E-state index contributed by atoms with van der Waals surface area (Å²) in [5, 5.41) is 6.33. The van der Waals surface area contributed by atoms with Crippen molar-refractivity contribution in [2.75, 3.05) is 10.6 Å². The van der Waals surface area contributed by atoms with Crippen LogP contribution in [0.15, 0.2) is 18.2 Å². The molecule has 1 aliphatic rings. The minimum Gasteiger partial charge on any atom is -0.378 e. The highest BCUT2D eigenvalue weighted by atomic mass is 16.1. The van der Waals surface area contributed by atoms with Gasteiger partial charge >= 0.3 is 0 Å². The molecule has 1 aromatic rings. The summed E-state index contributed by atoms with van der Waals surface area (Å²) in [6, 6.07) is 5.92. The lowest BCUT2D eigenvalue weighted by Crippen LogP contribution is -2.33. The number of aryl methyl sites for hydroxylation is 1. The molecule has 3 nitrogen and oxygen atoms in total. The zero-order chi connectivity index (χ0) is 11.1. The molecule has 0 radical (unpaired) electrons. The highest BCUT2D eigenvalue weighted by Gasteiger charge is 2.27. The van der Waals surface area contributed by atoms with Gasteiger partial charge in [-0.25, -0.2) is 0 Å². The van der Waals surface area contributed by atoms with Crippen LogP contribution in [0.4, 0.5) is 11.4 Å². The van der Waals surface area contributed by atoms with Gasteiger partial charge in [0.05, 0.1) is 11.4 Å². The molecule has 0 spiro atoms. The van der Waals surface area contributed by atoms with E-state index in [1.807, 2.05) is 39.0 Å². The van der Waals surface area contributed by atoms with Crippen LogP contribution in [0.5, 0.6) is 0 Å². The van der Waals surface area contributed by atoms with Crippen LogP contribution in [-0.4, -0.2) is 11.4 Å². The van der Waals surface area contributed by atoms with E-state index in [-0.39, 0.29) is 11.4 Å². The third-order valence-corrected chi connectivity index (χ3v) is 2.61. The molecule has 0 unspecified atom stereocenters. The Morgan fingerprint density at radius 1 is 1.33 bits per heavy atom. The molecule has 0 saturated carbocycles. The minimum atomic E-state index is -0.193. The van der Waals surface area contributed by atoms with Gasteiger partial charge in [-0.3, -0.25) is 4.79 Å². The van der Waals surface area contributed by atoms with Gasteiger partial charge in [0, 0.05) is 12.0 Å². The fraction of sp³-hybridized carbons (Fsp3) is 0.417. The van der Waals surface area contributed by atoms with Gasteiger partial charge in [-0.15, -0.1) is 0 Å². The van der Waals surface area contributed by atoms with Crippen molar-refractivity contribution in [2.45, 2.75) is 32.7 Å². The zero-order valence-electron chi connectivity index (χ0n) is 9.35. The van der Waals surface area contributed by atoms with E-state index in [0.29, 0.717) is 6.42 Å². The molecule has 1 aromatic carbocycles. The average molecular weight is 204 g/mol. The molecular formula is C12H16N2O. The van der Waals surface area contributed by atoms with E-state index in [1.165, 1.54) is 0 Å². The number of amides is 1. The summed E-state index contributed by atoms with van der Waals surface area (Å²) >= 11 is 0. The zero-order valence-corrected chi connectivity index (χ0v) is 9.35. The topological polar surface area (TPSA) is 41.1 Å². The molecule has 0 bridgehead atoms. The molecule has 0 atom stereocenters. The molecule has 2 N–H and O–H groups in total. The third kappa shape index (κ3) is 1.96. The number of rotatable bonds is 0. The van der Waals surface area contributed by atoms with Crippen molar-refractivity contribution < 1.29 is 4.79 Å². The molecule has 0 fully saturated rings. The van der Waals surface area contributed by atoms with Crippen LogP contribution in [0.1, 0.15) is 25.8 Å². The Hall–Kier alpha value is -1.51. The van der Waals surface area contributed by atoms with E-state index in [9.17, 15) is 4.79 Å². The van der Waals surface area contributed by atoms with Crippen molar-refractivity contribution in [3.05, 3.63) is 23.8 Å². The molecule has 15 heavy (non-hydrogen) atoms. The molecule has 0 aliphatic carbocycles. The monoisotopic (exact) mass is 204 g/mol. The quantitative estimate of drug-likeness (QED) is 0.681. The first-order valence-corrected chi connectivity index (χ1v) is 5.16. The summed E-state index contributed by atoms with van der Waals surface area (Å²) in [5.41, 5.74) is 2.88. The largest absolute Gasteiger partial charge is 0.378 e. The summed E-state index contributed by atoms with van der Waals surface area (Å²) in [4.78, 5) is 11.6. The Labute approximate surface area is 89.9 Å². The van der Waals surface area contributed by atoms with Gasteiger partial charge in [0.1, 0.15) is 0 Å². The highest BCUT2D eigenvalue weighted by Crippen LogP contribution is 2.32. The van der Waals surface area contributed by atoms with E-state index >= 15 is 0 Å². The molecule has 0 aromatic heterocycles. The number of benzene rings is 1. The molecule has 3 heteroatoms. The molecule has 1 heterocycles. The van der Waals surface area contributed by atoms with Gasteiger partial charge in [-0.05, 0) is 32.4 Å². The van der Waals surface area contributed by atoms with Crippen LogP contribution in [0, 0.1) is 6.92 Å². The Balaban J connectivity index is 2.50. The van der Waals surface area contributed by atoms with Gasteiger partial charge < -0.3 is 10.6 Å². The van der Waals surface area contributed by atoms with Crippen LogP contribution >= 0.6 is 0 Å². The molecular weight excluding hydrogens is 188 g/mol. The van der Waals surface area contributed by atoms with Crippen molar-refractivity contribution in [2.24, 2.45) is 0 Å². The van der Waals surface area contributed by atoms with E-state index in [1.54, 1.807) is 0 Å². The van der Waals surface area contributed by atoms with Crippen LogP contribution in [0.2, 0.25) is 0 Å². The fourth-order valence-electron chi connectivity index (χ4n) is 1.92. The average Bonchev–Trinajstić information content (AvgIpc) is 2.20. The predicted octanol–water partition coefficient (Wildman–Crippen LogP) is 2.53. The first-order valence-electron chi connectivity index (χ1n) is 5.16. The van der Waals surface area contributed by atoms with E-state index < -0.39 is 0 Å². The Bertz CT molecular complexity index is 410. The second-order valence-electron chi connectivity index (χ2n) is 4.73. The standard InChI is InChI=1S/C12H16N2O/c1-8-5-4-6-9-11(8)14-12(2,3)7-10(15)13-9/h4-6,14H,7H2,1-3H3,(H,13,15). The second-order valence-corrected chi connectivity index (χ2v) is 4.73. The predicted molar refractivity (Wildman–Crippen MR) is 62.1 cm³/mol. The summed E-state index contributed by atoms with van der Waals surface area (Å²) < 4.78 is 0. The van der Waals surface area contributed by atoms with Crippen LogP contribution in [0.25, 0.3) is 0 Å². The van der Waals surface area contributed by atoms with Crippen molar-refractivity contribution in [3.8, 4) is 0 Å². The van der Waals surface area contributed by atoms with E-state index in [2.05, 4.69) is 10.6 Å². The second kappa shape index (κ2) is 3.26. The van der Waals surface area contributed by atoms with E-state index in [0.717, 1.165) is 16.9 Å². The molecule has 1 amide bonds. The van der Waals surface area contributed by atoms with Crippen LogP contribution < -0.4 is 10.6 Å². The van der Waals surface area contributed by atoms with Crippen molar-refractivity contribution >= 4 is 17.3 Å². The van der Waals surface area contributed by atoms with Crippen LogP contribution in [0.3, 0.4) is 0 Å². The Morgan fingerprint density at radius 2 is 2.07 bits per heavy atom. The first kappa shape index (κ1) is 10.0. The molecule has 0 saturated heterocycles. The van der Waals surface area contributed by atoms with Crippen molar-refractivity contribution in [1.82, 2.24) is 0 Å². The lowest BCUT2D eigenvalue weighted by molar-refractivity contribution is -0.116. The third-order valence-electron chi connectivity index (χ3n) is 2.61. The molecule has 2 rings (SSSR count). The molecule has 1 aliphatic heterocycles. The molecule has 80 valence electrons. The minimum absolute atomic E-state index is 0.0665. The number of nitrogens with one attached hydrogen (secondary N) is 2. The summed E-state index contributed by atoms with van der Waals surface area (Å²) in [6.07, 6.45) is 0.487. The summed E-state index contributed by atoms with van der Waals surface area (Å²) in [6.45, 7) is 6.11. The lowest BCUT2D eigenvalue weighted by Gasteiger charge is -2.25. The normalized spacial score (nSPS) is 18.5. The van der Waals surface area contributed by atoms with Gasteiger partial charge in [0.2, 0.25) is 5.91 Å². The SMILES string of the molecule is Cc1cccc2c1NC(C)(C)CC(=O)N2. The van der Waals surface area contributed by atoms with Crippen molar-refractivity contribution in [1.29, 1.82) is 0 Å². The lowest BCUT2D eigenvalue weighted by atomic mass is 10.00. The van der Waals surface area contributed by atoms with E-state index in [4.69, 9.17) is 0 Å². The summed E-state index contributed by atoms with van der Waals surface area (Å²) in [7, 11) is 0. The number of para-hydroxylation sites is 1. The number of fused-ring (bicyclic) bond motifs is 1. The first-order chi connectivity index (χ1) is 6.98. The fourth-order valence-corrected chi connectivity index (χ4v) is 1.92. The number of anilines is 2. The maximum absolute atomic E-state index is 11.6. The smallest absolute Gasteiger partial charge is 0.226 e. The summed E-state index contributed by atoms with van der Waals surface area (Å²) in [5.74, 6) is 0.0665. The maximum atomic E-state index is 11.6. The number of carbonyl (C=O) groups excluding carboxylic acids is 1.